The highest BCUT2D eigenvalue weighted by atomic mass is 35.5. The summed E-state index contributed by atoms with van der Waals surface area (Å²) in [7, 11) is 0. The molecule has 0 spiro atoms. The van der Waals surface area contributed by atoms with E-state index in [9.17, 15) is 4.79 Å². The largest absolute Gasteiger partial charge is 0.422 e. The number of imidazole rings is 1. The number of halogens is 1. The summed E-state index contributed by atoms with van der Waals surface area (Å²) in [6, 6.07) is 9.37. The molecule has 0 bridgehead atoms. The summed E-state index contributed by atoms with van der Waals surface area (Å²) < 4.78 is 13.9. The van der Waals surface area contributed by atoms with Gasteiger partial charge in [-0.3, -0.25) is 4.66 Å². The first-order chi connectivity index (χ1) is 13.8. The summed E-state index contributed by atoms with van der Waals surface area (Å²) in [4.78, 5) is 23.8. The maximum absolute atomic E-state index is 12.5. The number of nitrogens with one attached hydrogen (secondary N) is 1. The summed E-state index contributed by atoms with van der Waals surface area (Å²) >= 11 is 3.64. The zero-order valence-electron chi connectivity index (χ0n) is 14.9. The van der Waals surface area contributed by atoms with Crippen molar-refractivity contribution < 1.29 is 9.08 Å². The standard InChI is InChI=1S/C19H17N5O2.ClHO/c25-19-14(15-12-24-6-2-1-3-17(24)22-15)9-13-11-21-18(10-16(13)26-19)23-7-4-20-5-8-23;1-2/h1-3,6,9-12,20H,4-5,7-8H2;2H. The van der Waals surface area contributed by atoms with E-state index >= 15 is 0 Å². The molecule has 1 fully saturated rings. The van der Waals surface area contributed by atoms with Crippen LogP contribution in [0.5, 0.6) is 0 Å². The zero-order chi connectivity index (χ0) is 19.5. The molecule has 0 saturated carbocycles. The second-order valence-corrected chi connectivity index (χ2v) is 6.36. The number of hydrogen-bond acceptors (Lipinski definition) is 7. The minimum Gasteiger partial charge on any atom is -0.422 e. The lowest BCUT2D eigenvalue weighted by atomic mass is 10.2. The molecule has 0 unspecified atom stereocenters. The fourth-order valence-electron chi connectivity index (χ4n) is 3.31. The molecule has 0 amide bonds. The number of anilines is 1. The Morgan fingerprint density at radius 3 is 2.79 bits per heavy atom. The smallest absolute Gasteiger partial charge is 0.345 e. The molecule has 0 aromatic carbocycles. The summed E-state index contributed by atoms with van der Waals surface area (Å²) in [5.41, 5.74) is 1.98. The molecule has 0 radical (unpaired) electrons. The van der Waals surface area contributed by atoms with E-state index in [0.29, 0.717) is 16.8 Å². The Morgan fingerprint density at radius 2 is 2.00 bits per heavy atom. The Bertz CT molecular complexity index is 1130. The van der Waals surface area contributed by atoms with E-state index in [2.05, 4.69) is 32.1 Å². The molecule has 5 heterocycles. The van der Waals surface area contributed by atoms with Crippen LogP contribution in [0.3, 0.4) is 0 Å². The molecule has 144 valence electrons. The predicted octanol–water partition coefficient (Wildman–Crippen LogP) is 2.04. The number of hydrogen-bond donors (Lipinski definition) is 2. The summed E-state index contributed by atoms with van der Waals surface area (Å²) in [6.45, 7) is 3.64. The van der Waals surface area contributed by atoms with Crippen LogP contribution in [0, 0.1) is 0 Å². The van der Waals surface area contributed by atoms with Crippen molar-refractivity contribution in [3.63, 3.8) is 0 Å². The number of pyridine rings is 2. The van der Waals surface area contributed by atoms with E-state index in [4.69, 9.17) is 9.08 Å². The Labute approximate surface area is 165 Å². The maximum atomic E-state index is 12.5. The molecule has 4 aromatic rings. The topological polar surface area (TPSA) is 95.9 Å². The minimum absolute atomic E-state index is 0.390. The van der Waals surface area contributed by atoms with Gasteiger partial charge in [0.1, 0.15) is 17.0 Å². The average Bonchev–Trinajstić information content (AvgIpc) is 3.19. The fourth-order valence-corrected chi connectivity index (χ4v) is 3.31. The third kappa shape index (κ3) is 3.45. The molecule has 1 saturated heterocycles. The molecule has 4 aromatic heterocycles. The van der Waals surface area contributed by atoms with E-state index in [1.807, 2.05) is 41.1 Å². The third-order valence-corrected chi connectivity index (χ3v) is 4.68. The van der Waals surface area contributed by atoms with Crippen LogP contribution in [0.2, 0.25) is 0 Å². The number of aromatic nitrogens is 3. The Balaban J connectivity index is 0.000000932. The minimum atomic E-state index is -0.390. The van der Waals surface area contributed by atoms with Gasteiger partial charge < -0.3 is 19.0 Å². The van der Waals surface area contributed by atoms with Gasteiger partial charge >= 0.3 is 5.63 Å². The van der Waals surface area contributed by atoms with Crippen LogP contribution in [0.4, 0.5) is 5.82 Å². The van der Waals surface area contributed by atoms with Gasteiger partial charge in [0.15, 0.2) is 0 Å². The van der Waals surface area contributed by atoms with Gasteiger partial charge in [-0.15, -0.1) is 0 Å². The van der Waals surface area contributed by atoms with Crippen molar-refractivity contribution in [2.45, 2.75) is 0 Å². The van der Waals surface area contributed by atoms with Gasteiger partial charge in [0.2, 0.25) is 0 Å². The lowest BCUT2D eigenvalue weighted by Crippen LogP contribution is -2.43. The van der Waals surface area contributed by atoms with Crippen molar-refractivity contribution in [1.29, 1.82) is 0 Å². The number of fused-ring (bicyclic) bond motifs is 2. The van der Waals surface area contributed by atoms with Gasteiger partial charge in [-0.25, -0.2) is 14.8 Å². The van der Waals surface area contributed by atoms with Crippen molar-refractivity contribution >= 4 is 34.3 Å². The lowest BCUT2D eigenvalue weighted by Gasteiger charge is -2.28. The second kappa shape index (κ2) is 7.97. The molecule has 0 atom stereocenters. The van der Waals surface area contributed by atoms with Crippen molar-refractivity contribution in [1.82, 2.24) is 19.7 Å². The predicted molar refractivity (Wildman–Crippen MR) is 108 cm³/mol. The average molecular weight is 400 g/mol. The molecule has 0 aliphatic carbocycles. The van der Waals surface area contributed by atoms with Crippen LogP contribution in [0.15, 0.2) is 58.1 Å². The van der Waals surface area contributed by atoms with Crippen molar-refractivity contribution in [2.24, 2.45) is 0 Å². The SMILES string of the molecule is O=c1oc2cc(N3CCNCC3)ncc2cc1-c1cn2ccccc2n1.OCl. The van der Waals surface area contributed by atoms with Crippen LogP contribution < -0.4 is 15.8 Å². The van der Waals surface area contributed by atoms with Crippen molar-refractivity contribution in [3.05, 3.63) is 59.3 Å². The van der Waals surface area contributed by atoms with Crippen LogP contribution in [-0.4, -0.2) is 45.2 Å². The van der Waals surface area contributed by atoms with Gasteiger partial charge in [-0.05, 0) is 18.2 Å². The van der Waals surface area contributed by atoms with E-state index in [-0.39, 0.29) is 0 Å². The molecule has 8 nitrogen and oxygen atoms in total. The first-order valence-electron chi connectivity index (χ1n) is 8.78. The van der Waals surface area contributed by atoms with Crippen LogP contribution in [0.1, 0.15) is 0 Å². The summed E-state index contributed by atoms with van der Waals surface area (Å²) in [5, 5.41) is 4.10. The summed E-state index contributed by atoms with van der Waals surface area (Å²) in [6.07, 6.45) is 5.49. The van der Waals surface area contributed by atoms with E-state index < -0.39 is 5.63 Å². The van der Waals surface area contributed by atoms with Crippen LogP contribution in [-0.2, 0) is 0 Å². The second-order valence-electron chi connectivity index (χ2n) is 6.36. The lowest BCUT2D eigenvalue weighted by molar-refractivity contribution is 0.560. The van der Waals surface area contributed by atoms with E-state index in [1.165, 1.54) is 0 Å². The zero-order valence-corrected chi connectivity index (χ0v) is 15.6. The molecule has 5 rings (SSSR count). The number of rotatable bonds is 2. The molecule has 28 heavy (non-hydrogen) atoms. The fraction of sp³-hybridized carbons (Fsp3) is 0.211. The Hall–Kier alpha value is -2.94. The van der Waals surface area contributed by atoms with E-state index in [0.717, 1.165) is 43.0 Å². The van der Waals surface area contributed by atoms with Gasteiger partial charge in [-0.2, -0.15) is 0 Å². The first-order valence-corrected chi connectivity index (χ1v) is 9.12. The molecule has 2 N–H and O–H groups in total. The molecular formula is C19H18ClN5O3. The summed E-state index contributed by atoms with van der Waals surface area (Å²) in [5.74, 6) is 0.836. The van der Waals surface area contributed by atoms with Gasteiger partial charge in [-0.1, -0.05) is 6.07 Å². The Kier molecular flexibility index (Phi) is 5.25. The normalized spacial score (nSPS) is 14.1. The number of nitrogens with zero attached hydrogens (tertiary/aromatic N) is 4. The molecule has 1 aliphatic rings. The maximum Gasteiger partial charge on any atom is 0.345 e. The highest BCUT2D eigenvalue weighted by molar-refractivity contribution is 6.04. The number of piperazine rings is 1. The monoisotopic (exact) mass is 399 g/mol. The highest BCUT2D eigenvalue weighted by Gasteiger charge is 2.15. The van der Waals surface area contributed by atoms with Gasteiger partial charge in [0.05, 0.1) is 23.1 Å². The molecule has 9 heteroatoms. The highest BCUT2D eigenvalue weighted by Crippen LogP contribution is 2.23. The molecule has 1 aliphatic heterocycles. The van der Waals surface area contributed by atoms with Crippen molar-refractivity contribution in [2.75, 3.05) is 31.1 Å². The first kappa shape index (κ1) is 18.4. The quantitative estimate of drug-likeness (QED) is 0.532. The van der Waals surface area contributed by atoms with Gasteiger partial charge in [0, 0.05) is 56.2 Å². The molecular weight excluding hydrogens is 382 g/mol. The van der Waals surface area contributed by atoms with Crippen LogP contribution in [0.25, 0.3) is 27.9 Å². The van der Waals surface area contributed by atoms with Crippen molar-refractivity contribution in [3.8, 4) is 11.3 Å². The van der Waals surface area contributed by atoms with E-state index in [1.54, 1.807) is 12.3 Å². The van der Waals surface area contributed by atoms with Gasteiger partial charge in [0.25, 0.3) is 0 Å². The Morgan fingerprint density at radius 1 is 1.18 bits per heavy atom. The van der Waals surface area contributed by atoms with Crippen LogP contribution >= 0.6 is 11.9 Å². The third-order valence-electron chi connectivity index (χ3n) is 4.68.